The van der Waals surface area contributed by atoms with Crippen molar-refractivity contribution in [1.82, 2.24) is 24.5 Å². The Hall–Kier alpha value is -1.67. The summed E-state index contributed by atoms with van der Waals surface area (Å²) >= 11 is 1.53. The van der Waals surface area contributed by atoms with E-state index in [1.165, 1.54) is 11.8 Å². The van der Waals surface area contributed by atoms with Crippen LogP contribution in [-0.2, 0) is 4.74 Å². The number of ether oxygens (including phenoxy) is 1. The normalized spacial score (nSPS) is 10.7. The molecule has 0 saturated carbocycles. The summed E-state index contributed by atoms with van der Waals surface area (Å²) in [4.78, 5) is 16.4. The Morgan fingerprint density at radius 2 is 2.28 bits per heavy atom. The lowest BCUT2D eigenvalue weighted by Gasteiger charge is -2.04. The fourth-order valence-corrected chi connectivity index (χ4v) is 2.03. The van der Waals surface area contributed by atoms with Crippen LogP contribution >= 0.6 is 11.8 Å². The molecule has 0 spiro atoms. The largest absolute Gasteiger partial charge is 0.385 e. The van der Waals surface area contributed by atoms with Gasteiger partial charge in [0.2, 0.25) is 11.9 Å². The zero-order chi connectivity index (χ0) is 12.8. The molecule has 0 aliphatic heterocycles. The maximum atomic E-state index is 5.66. The minimum Gasteiger partial charge on any atom is -0.385 e. The Labute approximate surface area is 109 Å². The molecular weight excluding hydrogens is 252 g/mol. The van der Waals surface area contributed by atoms with Crippen LogP contribution in [-0.4, -0.2) is 44.0 Å². The first-order chi connectivity index (χ1) is 8.79. The van der Waals surface area contributed by atoms with Crippen LogP contribution in [0.2, 0.25) is 0 Å². The lowest BCUT2D eigenvalue weighted by Crippen LogP contribution is -2.06. The highest BCUT2D eigenvalue weighted by Gasteiger charge is 2.06. The number of nitrogen functional groups attached to an aromatic ring is 1. The molecule has 0 unspecified atom stereocenters. The first-order valence-corrected chi connectivity index (χ1v) is 6.40. The average molecular weight is 266 g/mol. The molecule has 0 fully saturated rings. The number of aromatic nitrogens is 5. The van der Waals surface area contributed by atoms with Crippen molar-refractivity contribution in [1.29, 1.82) is 0 Å². The molecule has 2 N–H and O–H groups in total. The van der Waals surface area contributed by atoms with Crippen LogP contribution in [0.5, 0.6) is 0 Å². The van der Waals surface area contributed by atoms with E-state index in [4.69, 9.17) is 10.5 Å². The summed E-state index contributed by atoms with van der Waals surface area (Å²) in [6.45, 7) is 0.724. The van der Waals surface area contributed by atoms with E-state index in [0.717, 1.165) is 18.8 Å². The molecule has 0 amide bonds. The van der Waals surface area contributed by atoms with Gasteiger partial charge in [0.25, 0.3) is 0 Å². The number of nitrogens with zero attached hydrogens (tertiary/aromatic N) is 5. The molecular formula is C10H14N6OS. The van der Waals surface area contributed by atoms with E-state index in [2.05, 4.69) is 19.9 Å². The minimum absolute atomic E-state index is 0.211. The third-order valence-electron chi connectivity index (χ3n) is 2.08. The van der Waals surface area contributed by atoms with Gasteiger partial charge in [-0.05, 0) is 6.42 Å². The number of imidazole rings is 1. The smallest absolute Gasteiger partial charge is 0.240 e. The minimum atomic E-state index is 0.211. The van der Waals surface area contributed by atoms with Crippen LogP contribution in [0.3, 0.4) is 0 Å². The Bertz CT molecular complexity index is 489. The number of hydrogen-bond acceptors (Lipinski definition) is 7. The van der Waals surface area contributed by atoms with Crippen LogP contribution < -0.4 is 5.73 Å². The fourth-order valence-electron chi connectivity index (χ4n) is 1.29. The van der Waals surface area contributed by atoms with Crippen LogP contribution in [0.1, 0.15) is 6.42 Å². The summed E-state index contributed by atoms with van der Waals surface area (Å²) in [7, 11) is 1.68. The molecule has 0 bridgehead atoms. The highest BCUT2D eigenvalue weighted by Crippen LogP contribution is 2.15. The Morgan fingerprint density at radius 1 is 1.39 bits per heavy atom. The third kappa shape index (κ3) is 3.41. The van der Waals surface area contributed by atoms with Gasteiger partial charge in [-0.1, -0.05) is 11.8 Å². The Balaban J connectivity index is 2.07. The Morgan fingerprint density at radius 3 is 3.00 bits per heavy atom. The molecule has 2 rings (SSSR count). The van der Waals surface area contributed by atoms with Gasteiger partial charge in [-0.15, -0.1) is 0 Å². The summed E-state index contributed by atoms with van der Waals surface area (Å²) in [6, 6.07) is 0. The second-order valence-corrected chi connectivity index (χ2v) is 4.50. The lowest BCUT2D eigenvalue weighted by molar-refractivity contribution is 0.200. The van der Waals surface area contributed by atoms with Gasteiger partial charge in [0.05, 0.1) is 0 Å². The maximum absolute atomic E-state index is 5.66. The predicted molar refractivity (Wildman–Crippen MR) is 68.6 cm³/mol. The molecule has 0 radical (unpaired) electrons. The second kappa shape index (κ2) is 6.31. The number of methoxy groups -OCH3 is 1. The SMILES string of the molecule is COCCCSc1nc(N)nc(-n2ccnc2)n1. The topological polar surface area (TPSA) is 91.7 Å². The number of rotatable bonds is 6. The third-order valence-corrected chi connectivity index (χ3v) is 3.01. The van der Waals surface area contributed by atoms with Crippen molar-refractivity contribution in [3.63, 3.8) is 0 Å². The predicted octanol–water partition coefficient (Wildman–Crippen LogP) is 0.768. The second-order valence-electron chi connectivity index (χ2n) is 3.44. The number of nitrogens with two attached hydrogens (primary N) is 1. The number of hydrogen-bond donors (Lipinski definition) is 1. The summed E-state index contributed by atoms with van der Waals surface area (Å²) in [6.07, 6.45) is 5.97. The molecule has 0 atom stereocenters. The molecule has 2 aromatic rings. The lowest BCUT2D eigenvalue weighted by atomic mass is 10.5. The van der Waals surface area contributed by atoms with E-state index in [1.54, 1.807) is 30.4 Å². The molecule has 96 valence electrons. The zero-order valence-electron chi connectivity index (χ0n) is 9.98. The van der Waals surface area contributed by atoms with E-state index in [-0.39, 0.29) is 5.95 Å². The molecule has 18 heavy (non-hydrogen) atoms. The van der Waals surface area contributed by atoms with Crippen molar-refractivity contribution in [3.05, 3.63) is 18.7 Å². The van der Waals surface area contributed by atoms with Gasteiger partial charge in [-0.25, -0.2) is 4.98 Å². The van der Waals surface area contributed by atoms with E-state index in [9.17, 15) is 0 Å². The van der Waals surface area contributed by atoms with Crippen molar-refractivity contribution in [2.75, 3.05) is 25.2 Å². The summed E-state index contributed by atoms with van der Waals surface area (Å²) in [5, 5.41) is 0.613. The standard InChI is InChI=1S/C10H14N6OS/c1-17-5-2-6-18-10-14-8(11)13-9(15-10)16-4-3-12-7-16/h3-4,7H,2,5-6H2,1H3,(H2,11,13,14,15). The van der Waals surface area contributed by atoms with E-state index in [1.807, 2.05) is 0 Å². The molecule has 0 aliphatic carbocycles. The summed E-state index contributed by atoms with van der Waals surface area (Å²) < 4.78 is 6.67. The average Bonchev–Trinajstić information content (AvgIpc) is 2.88. The van der Waals surface area contributed by atoms with Crippen LogP contribution in [0.4, 0.5) is 5.95 Å². The van der Waals surface area contributed by atoms with Crippen LogP contribution in [0.25, 0.3) is 5.95 Å². The van der Waals surface area contributed by atoms with Crippen molar-refractivity contribution < 1.29 is 4.74 Å². The first kappa shape index (κ1) is 12.8. The highest BCUT2D eigenvalue weighted by molar-refractivity contribution is 7.99. The van der Waals surface area contributed by atoms with E-state index < -0.39 is 0 Å². The highest BCUT2D eigenvalue weighted by atomic mass is 32.2. The van der Waals surface area contributed by atoms with Gasteiger partial charge in [0, 0.05) is 31.9 Å². The van der Waals surface area contributed by atoms with Gasteiger partial charge in [0.1, 0.15) is 6.33 Å². The first-order valence-electron chi connectivity index (χ1n) is 5.41. The summed E-state index contributed by atoms with van der Waals surface area (Å²) in [5.74, 6) is 1.57. The van der Waals surface area contributed by atoms with Crippen molar-refractivity contribution in [2.45, 2.75) is 11.6 Å². The van der Waals surface area contributed by atoms with Gasteiger partial charge < -0.3 is 10.5 Å². The van der Waals surface area contributed by atoms with Gasteiger partial charge in [0.15, 0.2) is 5.16 Å². The zero-order valence-corrected chi connectivity index (χ0v) is 10.8. The Kier molecular flexibility index (Phi) is 4.48. The van der Waals surface area contributed by atoms with Crippen molar-refractivity contribution >= 4 is 17.7 Å². The molecule has 2 aromatic heterocycles. The number of anilines is 1. The van der Waals surface area contributed by atoms with E-state index >= 15 is 0 Å². The van der Waals surface area contributed by atoms with Crippen molar-refractivity contribution in [2.24, 2.45) is 0 Å². The van der Waals surface area contributed by atoms with Crippen molar-refractivity contribution in [3.8, 4) is 5.95 Å². The molecule has 2 heterocycles. The maximum Gasteiger partial charge on any atom is 0.240 e. The summed E-state index contributed by atoms with van der Waals surface area (Å²) in [5.41, 5.74) is 5.66. The molecule has 8 heteroatoms. The van der Waals surface area contributed by atoms with Gasteiger partial charge >= 0.3 is 0 Å². The van der Waals surface area contributed by atoms with E-state index in [0.29, 0.717) is 11.1 Å². The fraction of sp³-hybridized carbons (Fsp3) is 0.400. The molecule has 7 nitrogen and oxygen atoms in total. The van der Waals surface area contributed by atoms with Crippen LogP contribution in [0.15, 0.2) is 23.9 Å². The quantitative estimate of drug-likeness (QED) is 0.609. The molecule has 0 aromatic carbocycles. The van der Waals surface area contributed by atoms with Gasteiger partial charge in [-0.2, -0.15) is 15.0 Å². The van der Waals surface area contributed by atoms with Crippen LogP contribution in [0, 0.1) is 0 Å². The van der Waals surface area contributed by atoms with Gasteiger partial charge in [-0.3, -0.25) is 4.57 Å². The monoisotopic (exact) mass is 266 g/mol. The molecule has 0 aliphatic rings. The molecule has 0 saturated heterocycles. The number of thioether (sulfide) groups is 1.